The van der Waals surface area contributed by atoms with Gasteiger partial charge < -0.3 is 0 Å². The summed E-state index contributed by atoms with van der Waals surface area (Å²) in [6, 6.07) is 23.6. The van der Waals surface area contributed by atoms with Crippen LogP contribution >= 0.6 is 11.8 Å². The molecular formula is C25H22FN3OS. The third-order valence-corrected chi connectivity index (χ3v) is 6.09. The van der Waals surface area contributed by atoms with Crippen LogP contribution in [0.15, 0.2) is 84.0 Å². The first-order valence-corrected chi connectivity index (χ1v) is 11.0. The lowest BCUT2D eigenvalue weighted by atomic mass is 10.1. The Bertz CT molecular complexity index is 1170. The highest BCUT2D eigenvalue weighted by atomic mass is 32.2. The van der Waals surface area contributed by atoms with E-state index in [2.05, 4.69) is 17.1 Å². The van der Waals surface area contributed by atoms with Gasteiger partial charge in [-0.15, -0.1) is 10.2 Å². The Morgan fingerprint density at radius 3 is 2.29 bits per heavy atom. The zero-order chi connectivity index (χ0) is 21.8. The fourth-order valence-electron chi connectivity index (χ4n) is 3.29. The molecule has 4 nitrogen and oxygen atoms in total. The molecule has 1 heterocycles. The number of rotatable bonds is 7. The van der Waals surface area contributed by atoms with Crippen LogP contribution in [-0.4, -0.2) is 25.8 Å². The minimum absolute atomic E-state index is 0.0302. The first-order valence-electron chi connectivity index (χ1n) is 10.1. The number of aromatic nitrogens is 3. The van der Waals surface area contributed by atoms with Gasteiger partial charge in [0.2, 0.25) is 0 Å². The second-order valence-electron chi connectivity index (χ2n) is 7.16. The lowest BCUT2D eigenvalue weighted by molar-refractivity contribution is 0.0994. The van der Waals surface area contributed by atoms with E-state index in [-0.39, 0.29) is 16.9 Å². The van der Waals surface area contributed by atoms with Crippen molar-refractivity contribution in [3.05, 3.63) is 95.8 Å². The first-order chi connectivity index (χ1) is 15.1. The lowest BCUT2D eigenvalue weighted by Gasteiger charge is -2.13. The van der Waals surface area contributed by atoms with Crippen LogP contribution < -0.4 is 0 Å². The van der Waals surface area contributed by atoms with Crippen molar-refractivity contribution >= 4 is 17.5 Å². The first kappa shape index (κ1) is 21.0. The fourth-order valence-corrected chi connectivity index (χ4v) is 4.24. The fraction of sp³-hybridized carbons (Fsp3) is 0.160. The van der Waals surface area contributed by atoms with E-state index < -0.39 is 0 Å². The molecule has 4 rings (SSSR count). The summed E-state index contributed by atoms with van der Waals surface area (Å²) in [4.78, 5) is 13.0. The Hall–Kier alpha value is -3.25. The Kier molecular flexibility index (Phi) is 6.28. The maximum Gasteiger partial charge on any atom is 0.196 e. The molecule has 0 N–H and O–H groups in total. The van der Waals surface area contributed by atoms with Crippen molar-refractivity contribution in [2.45, 2.75) is 30.7 Å². The number of Topliss-reactive ketones (excluding diaryl/α,β-unsaturated/α-hetero) is 1. The molecule has 31 heavy (non-hydrogen) atoms. The van der Waals surface area contributed by atoms with Crippen LogP contribution in [0, 0.1) is 5.82 Å². The predicted molar refractivity (Wildman–Crippen MR) is 122 cm³/mol. The molecule has 0 amide bonds. The summed E-state index contributed by atoms with van der Waals surface area (Å²) in [5.74, 6) is 0.357. The van der Waals surface area contributed by atoms with Gasteiger partial charge in [-0.05, 0) is 43.2 Å². The summed E-state index contributed by atoms with van der Waals surface area (Å²) in [5, 5.41) is 8.96. The molecule has 6 heteroatoms. The van der Waals surface area contributed by atoms with Gasteiger partial charge in [-0.2, -0.15) is 0 Å². The van der Waals surface area contributed by atoms with Crippen LogP contribution in [0.3, 0.4) is 0 Å². The molecular weight excluding hydrogens is 409 g/mol. The second-order valence-corrected chi connectivity index (χ2v) is 8.47. The van der Waals surface area contributed by atoms with Crippen molar-refractivity contribution in [1.82, 2.24) is 14.8 Å². The molecule has 1 atom stereocenters. The molecule has 1 aromatic heterocycles. The van der Waals surface area contributed by atoms with E-state index in [1.165, 1.54) is 29.5 Å². The van der Waals surface area contributed by atoms with Crippen LogP contribution in [-0.2, 0) is 6.42 Å². The molecule has 156 valence electrons. The minimum atomic E-state index is -0.362. The summed E-state index contributed by atoms with van der Waals surface area (Å²) < 4.78 is 15.4. The summed E-state index contributed by atoms with van der Waals surface area (Å²) in [6.07, 6.45) is 0.932. The summed E-state index contributed by atoms with van der Waals surface area (Å²) >= 11 is 1.34. The maximum absolute atomic E-state index is 13.5. The largest absolute Gasteiger partial charge is 0.293 e. The highest BCUT2D eigenvalue weighted by Crippen LogP contribution is 2.31. The summed E-state index contributed by atoms with van der Waals surface area (Å²) in [6.45, 7) is 3.95. The zero-order valence-electron chi connectivity index (χ0n) is 17.3. The molecule has 1 unspecified atom stereocenters. The quantitative estimate of drug-likeness (QED) is 0.266. The van der Waals surface area contributed by atoms with Crippen LogP contribution in [0.1, 0.15) is 29.8 Å². The van der Waals surface area contributed by atoms with Crippen molar-refractivity contribution in [1.29, 1.82) is 0 Å². The van der Waals surface area contributed by atoms with Crippen LogP contribution in [0.25, 0.3) is 17.1 Å². The third kappa shape index (κ3) is 4.59. The number of nitrogens with zero attached hydrogens (tertiary/aromatic N) is 3. The number of benzene rings is 3. The average molecular weight is 432 g/mol. The van der Waals surface area contributed by atoms with Gasteiger partial charge in [0.05, 0.1) is 5.25 Å². The Labute approximate surface area is 185 Å². The van der Waals surface area contributed by atoms with Crippen molar-refractivity contribution < 1.29 is 9.18 Å². The number of aryl methyl sites for hydroxylation is 1. The molecule has 0 spiro atoms. The van der Waals surface area contributed by atoms with Gasteiger partial charge in [0, 0.05) is 16.8 Å². The Morgan fingerprint density at radius 2 is 1.65 bits per heavy atom. The van der Waals surface area contributed by atoms with Gasteiger partial charge >= 0.3 is 0 Å². The molecule has 3 aromatic carbocycles. The van der Waals surface area contributed by atoms with Crippen molar-refractivity contribution in [3.63, 3.8) is 0 Å². The summed E-state index contributed by atoms with van der Waals surface area (Å²) in [7, 11) is 0. The normalized spacial score (nSPS) is 12.0. The Morgan fingerprint density at radius 1 is 0.968 bits per heavy atom. The van der Waals surface area contributed by atoms with Gasteiger partial charge in [-0.1, -0.05) is 73.3 Å². The molecule has 0 radical (unpaired) electrons. The molecule has 4 aromatic rings. The third-order valence-electron chi connectivity index (χ3n) is 5.05. The van der Waals surface area contributed by atoms with Crippen LogP contribution in [0.2, 0.25) is 0 Å². The number of hydrogen-bond acceptors (Lipinski definition) is 4. The lowest BCUT2D eigenvalue weighted by Crippen LogP contribution is -2.14. The minimum Gasteiger partial charge on any atom is -0.293 e. The van der Waals surface area contributed by atoms with E-state index in [9.17, 15) is 9.18 Å². The maximum atomic E-state index is 13.5. The number of carbonyl (C=O) groups is 1. The number of thioether (sulfide) groups is 1. The molecule has 0 saturated heterocycles. The molecule has 0 saturated carbocycles. The zero-order valence-corrected chi connectivity index (χ0v) is 18.1. The average Bonchev–Trinajstić information content (AvgIpc) is 3.23. The molecule has 0 aliphatic carbocycles. The smallest absolute Gasteiger partial charge is 0.196 e. The van der Waals surface area contributed by atoms with E-state index in [0.717, 1.165) is 17.7 Å². The predicted octanol–water partition coefficient (Wildman–Crippen LogP) is 6.00. The topological polar surface area (TPSA) is 47.8 Å². The number of ketones is 1. The van der Waals surface area contributed by atoms with Gasteiger partial charge in [0.25, 0.3) is 0 Å². The summed E-state index contributed by atoms with van der Waals surface area (Å²) in [5.41, 5.74) is 3.49. The Balaban J connectivity index is 1.68. The standard InChI is InChI=1S/C25H22FN3OS/c1-3-18-9-11-19(12-10-18)23(30)17(2)31-25-28-27-24(20-7-5-4-6-8-20)29(25)22-15-13-21(26)14-16-22/h4-17H,3H2,1-2H3. The van der Waals surface area contributed by atoms with Crippen molar-refractivity contribution in [2.24, 2.45) is 0 Å². The highest BCUT2D eigenvalue weighted by molar-refractivity contribution is 8.00. The van der Waals surface area contributed by atoms with Crippen LogP contribution in [0.5, 0.6) is 0 Å². The van der Waals surface area contributed by atoms with Crippen molar-refractivity contribution in [2.75, 3.05) is 0 Å². The van der Waals surface area contributed by atoms with Crippen LogP contribution in [0.4, 0.5) is 4.39 Å². The molecule has 0 aliphatic rings. The number of hydrogen-bond donors (Lipinski definition) is 0. The SMILES string of the molecule is CCc1ccc(C(=O)C(C)Sc2nnc(-c3ccccc3)n2-c2ccc(F)cc2)cc1. The van der Waals surface area contributed by atoms with E-state index in [4.69, 9.17) is 0 Å². The van der Waals surface area contributed by atoms with E-state index >= 15 is 0 Å². The van der Waals surface area contributed by atoms with Gasteiger partial charge in [0.15, 0.2) is 16.8 Å². The monoisotopic (exact) mass is 431 g/mol. The number of carbonyl (C=O) groups excluding carboxylic acids is 1. The van der Waals surface area contributed by atoms with E-state index in [1.54, 1.807) is 12.1 Å². The highest BCUT2D eigenvalue weighted by Gasteiger charge is 2.22. The van der Waals surface area contributed by atoms with Gasteiger partial charge in [-0.25, -0.2) is 4.39 Å². The van der Waals surface area contributed by atoms with Gasteiger partial charge in [0.1, 0.15) is 5.82 Å². The van der Waals surface area contributed by atoms with Gasteiger partial charge in [-0.3, -0.25) is 9.36 Å². The molecule has 0 fully saturated rings. The van der Waals surface area contributed by atoms with E-state index in [0.29, 0.717) is 16.5 Å². The molecule has 0 aliphatic heterocycles. The second kappa shape index (κ2) is 9.27. The van der Waals surface area contributed by atoms with Crippen molar-refractivity contribution in [3.8, 4) is 17.1 Å². The molecule has 0 bridgehead atoms. The number of halogens is 1. The van der Waals surface area contributed by atoms with E-state index in [1.807, 2.05) is 66.1 Å².